The summed E-state index contributed by atoms with van der Waals surface area (Å²) in [5, 5.41) is 3.18. The second kappa shape index (κ2) is 5.52. The van der Waals surface area contributed by atoms with Crippen molar-refractivity contribution in [2.45, 2.75) is 12.2 Å². The van der Waals surface area contributed by atoms with Crippen molar-refractivity contribution >= 4 is 22.6 Å². The minimum Gasteiger partial charge on any atom is -0.347 e. The van der Waals surface area contributed by atoms with E-state index in [0.29, 0.717) is 31.2 Å². The normalized spacial score (nSPS) is 20.1. The van der Waals surface area contributed by atoms with Crippen LogP contribution in [-0.4, -0.2) is 59.9 Å². The van der Waals surface area contributed by atoms with Gasteiger partial charge in [0.25, 0.3) is 0 Å². The predicted molar refractivity (Wildman–Crippen MR) is 67.6 cm³/mol. The minimum absolute atomic E-state index is 0.124. The Morgan fingerprint density at radius 2 is 2.20 bits per heavy atom. The van der Waals surface area contributed by atoms with Gasteiger partial charge in [-0.15, -0.1) is 0 Å². The molecule has 1 unspecified atom stereocenters. The quantitative estimate of drug-likeness (QED) is 0.858. The zero-order valence-electron chi connectivity index (χ0n) is 10.9. The first-order valence-corrected chi connectivity index (χ1v) is 6.67. The van der Waals surface area contributed by atoms with Gasteiger partial charge in [-0.1, -0.05) is 0 Å². The standard InChI is InChI=1S/C10H14F3N5OS/c1-17(2)7(19)6-5-14-3-4-18(6)9-15-8(16-20-9)10(11,12)13/h6,14H,3-5H2,1-2H3. The molecule has 1 saturated heterocycles. The van der Waals surface area contributed by atoms with Crippen LogP contribution in [0.1, 0.15) is 5.82 Å². The maximum absolute atomic E-state index is 12.5. The SMILES string of the molecule is CN(C)C(=O)C1CNCCN1c1nc(C(F)(F)F)ns1. The van der Waals surface area contributed by atoms with Crippen molar-refractivity contribution in [1.82, 2.24) is 19.6 Å². The third kappa shape index (κ3) is 3.01. The van der Waals surface area contributed by atoms with Crippen LogP contribution in [0.2, 0.25) is 0 Å². The molecule has 1 aromatic rings. The lowest BCUT2D eigenvalue weighted by molar-refractivity contribution is -0.144. The third-order valence-electron chi connectivity index (χ3n) is 2.88. The van der Waals surface area contributed by atoms with Crippen LogP contribution < -0.4 is 10.2 Å². The Bertz CT molecular complexity index is 489. The number of halogens is 3. The molecule has 0 spiro atoms. The topological polar surface area (TPSA) is 61.4 Å². The Morgan fingerprint density at radius 1 is 1.50 bits per heavy atom. The van der Waals surface area contributed by atoms with Crippen LogP contribution in [0.5, 0.6) is 0 Å². The van der Waals surface area contributed by atoms with Gasteiger partial charge in [-0.2, -0.15) is 22.5 Å². The number of amides is 1. The van der Waals surface area contributed by atoms with Crippen LogP contribution in [-0.2, 0) is 11.0 Å². The van der Waals surface area contributed by atoms with Gasteiger partial charge in [-0.25, -0.2) is 0 Å². The largest absolute Gasteiger partial charge is 0.452 e. The summed E-state index contributed by atoms with van der Waals surface area (Å²) in [6.07, 6.45) is -4.57. The average Bonchev–Trinajstić information content (AvgIpc) is 2.87. The van der Waals surface area contributed by atoms with E-state index in [1.807, 2.05) is 0 Å². The van der Waals surface area contributed by atoms with Gasteiger partial charge < -0.3 is 15.1 Å². The van der Waals surface area contributed by atoms with Crippen LogP contribution in [0.4, 0.5) is 18.3 Å². The highest BCUT2D eigenvalue weighted by atomic mass is 32.1. The van der Waals surface area contributed by atoms with E-state index >= 15 is 0 Å². The van der Waals surface area contributed by atoms with Crippen LogP contribution >= 0.6 is 11.5 Å². The molecule has 1 fully saturated rings. The minimum atomic E-state index is -4.57. The van der Waals surface area contributed by atoms with Gasteiger partial charge in [-0.05, 0) is 0 Å². The van der Waals surface area contributed by atoms with E-state index < -0.39 is 18.0 Å². The lowest BCUT2D eigenvalue weighted by Gasteiger charge is -2.35. The first-order valence-electron chi connectivity index (χ1n) is 5.90. The van der Waals surface area contributed by atoms with Crippen molar-refractivity contribution in [3.05, 3.63) is 5.82 Å². The number of nitrogens with one attached hydrogen (secondary N) is 1. The summed E-state index contributed by atoms with van der Waals surface area (Å²) in [5.41, 5.74) is 0. The van der Waals surface area contributed by atoms with Gasteiger partial charge in [0.15, 0.2) is 0 Å². The Labute approximate surface area is 117 Å². The first kappa shape index (κ1) is 15.0. The Morgan fingerprint density at radius 3 is 2.75 bits per heavy atom. The summed E-state index contributed by atoms with van der Waals surface area (Å²) >= 11 is 0.662. The number of alkyl halides is 3. The molecule has 0 aromatic carbocycles. The second-order valence-corrected chi connectivity index (χ2v) is 5.27. The van der Waals surface area contributed by atoms with Gasteiger partial charge in [0, 0.05) is 45.3 Å². The van der Waals surface area contributed by atoms with Crippen LogP contribution in [0.15, 0.2) is 0 Å². The summed E-state index contributed by atoms with van der Waals surface area (Å²) in [5.74, 6) is -1.34. The van der Waals surface area contributed by atoms with E-state index in [-0.39, 0.29) is 11.0 Å². The molecule has 2 rings (SSSR count). The maximum atomic E-state index is 12.5. The summed E-state index contributed by atoms with van der Waals surface area (Å²) in [6, 6.07) is -0.562. The van der Waals surface area contributed by atoms with Crippen molar-refractivity contribution < 1.29 is 18.0 Å². The molecule has 0 aliphatic carbocycles. The Hall–Kier alpha value is -1.42. The van der Waals surface area contributed by atoms with Crippen LogP contribution in [0.3, 0.4) is 0 Å². The number of nitrogens with zero attached hydrogens (tertiary/aromatic N) is 4. The molecule has 20 heavy (non-hydrogen) atoms. The first-order chi connectivity index (χ1) is 9.30. The molecule has 0 saturated carbocycles. The number of hydrogen-bond donors (Lipinski definition) is 1. The molecule has 1 amide bonds. The van der Waals surface area contributed by atoms with Gasteiger partial charge >= 0.3 is 6.18 Å². The van der Waals surface area contributed by atoms with Crippen molar-refractivity contribution in [1.29, 1.82) is 0 Å². The number of rotatable bonds is 2. The van der Waals surface area contributed by atoms with E-state index in [1.165, 1.54) is 4.90 Å². The van der Waals surface area contributed by atoms with Crippen LogP contribution in [0, 0.1) is 0 Å². The molecule has 1 aliphatic heterocycles. The van der Waals surface area contributed by atoms with Crippen molar-refractivity contribution in [2.24, 2.45) is 0 Å². The number of likely N-dealkylation sites (N-methyl/N-ethyl adjacent to an activating group) is 1. The Balaban J connectivity index is 2.24. The lowest BCUT2D eigenvalue weighted by Crippen LogP contribution is -2.57. The number of aromatic nitrogens is 2. The number of carbonyl (C=O) groups is 1. The Kier molecular flexibility index (Phi) is 4.14. The zero-order chi connectivity index (χ0) is 14.9. The highest BCUT2D eigenvalue weighted by Crippen LogP contribution is 2.31. The molecule has 0 radical (unpaired) electrons. The van der Waals surface area contributed by atoms with E-state index in [0.717, 1.165) is 0 Å². The lowest BCUT2D eigenvalue weighted by atomic mass is 10.2. The van der Waals surface area contributed by atoms with Crippen LogP contribution in [0.25, 0.3) is 0 Å². The van der Waals surface area contributed by atoms with E-state index in [2.05, 4.69) is 14.7 Å². The molecule has 1 aliphatic rings. The fourth-order valence-electron chi connectivity index (χ4n) is 1.90. The fraction of sp³-hybridized carbons (Fsp3) is 0.700. The molecule has 10 heteroatoms. The van der Waals surface area contributed by atoms with E-state index in [1.54, 1.807) is 19.0 Å². The van der Waals surface area contributed by atoms with Crippen molar-refractivity contribution in [2.75, 3.05) is 38.6 Å². The van der Waals surface area contributed by atoms with Crippen molar-refractivity contribution in [3.63, 3.8) is 0 Å². The highest BCUT2D eigenvalue weighted by Gasteiger charge is 2.38. The molecule has 1 aromatic heterocycles. The summed E-state index contributed by atoms with van der Waals surface area (Å²) < 4.78 is 40.9. The monoisotopic (exact) mass is 309 g/mol. The van der Waals surface area contributed by atoms with Crippen molar-refractivity contribution in [3.8, 4) is 0 Å². The third-order valence-corrected chi connectivity index (χ3v) is 3.64. The number of carbonyl (C=O) groups excluding carboxylic acids is 1. The molecule has 2 heterocycles. The molecular weight excluding hydrogens is 295 g/mol. The zero-order valence-corrected chi connectivity index (χ0v) is 11.8. The molecule has 112 valence electrons. The summed E-state index contributed by atoms with van der Waals surface area (Å²) in [6.45, 7) is 1.37. The fourth-order valence-corrected chi connectivity index (χ4v) is 2.66. The predicted octanol–water partition coefficient (Wildman–Crippen LogP) is 0.423. The van der Waals surface area contributed by atoms with E-state index in [4.69, 9.17) is 0 Å². The molecule has 1 atom stereocenters. The van der Waals surface area contributed by atoms with Gasteiger partial charge in [0.05, 0.1) is 0 Å². The molecule has 0 bridgehead atoms. The molecule has 1 N–H and O–H groups in total. The molecule has 6 nitrogen and oxygen atoms in total. The highest BCUT2D eigenvalue weighted by molar-refractivity contribution is 7.09. The number of anilines is 1. The number of hydrogen-bond acceptors (Lipinski definition) is 6. The summed E-state index contributed by atoms with van der Waals surface area (Å²) in [4.78, 5) is 18.6. The maximum Gasteiger partial charge on any atom is 0.452 e. The molecular formula is C10H14F3N5OS. The van der Waals surface area contributed by atoms with E-state index in [9.17, 15) is 18.0 Å². The smallest absolute Gasteiger partial charge is 0.347 e. The summed E-state index contributed by atoms with van der Waals surface area (Å²) in [7, 11) is 3.22. The van der Waals surface area contributed by atoms with Gasteiger partial charge in [0.1, 0.15) is 6.04 Å². The average molecular weight is 309 g/mol. The van der Waals surface area contributed by atoms with Gasteiger partial charge in [-0.3, -0.25) is 4.79 Å². The van der Waals surface area contributed by atoms with Gasteiger partial charge in [0.2, 0.25) is 16.9 Å². The number of piperazine rings is 1. The second-order valence-electron chi connectivity index (χ2n) is 4.54.